The van der Waals surface area contributed by atoms with Crippen molar-refractivity contribution in [3.05, 3.63) is 107 Å². The van der Waals surface area contributed by atoms with Gasteiger partial charge in [0, 0.05) is 62.4 Å². The number of carbonyl (C=O) groups is 1. The van der Waals surface area contributed by atoms with Gasteiger partial charge in [-0.2, -0.15) is 4.58 Å². The lowest BCUT2D eigenvalue weighted by Gasteiger charge is -2.23. The topological polar surface area (TPSA) is 71.0 Å². The van der Waals surface area contributed by atoms with E-state index in [1.807, 2.05) is 42.7 Å². The lowest BCUT2D eigenvalue weighted by molar-refractivity contribution is -0.473. The summed E-state index contributed by atoms with van der Waals surface area (Å²) in [5.41, 5.74) is 7.22. The number of rotatable bonds is 27. The number of allylic oxidation sites excluding steroid dienone is 4. The zero-order valence-electron chi connectivity index (χ0n) is 34.7. The van der Waals surface area contributed by atoms with Crippen molar-refractivity contribution in [2.24, 2.45) is 0 Å². The molecule has 0 unspecified atom stereocenters. The highest BCUT2D eigenvalue weighted by molar-refractivity contribution is 6.39. The van der Waals surface area contributed by atoms with Gasteiger partial charge in [0.1, 0.15) is 17.9 Å². The molecule has 5 rings (SSSR count). The number of aliphatic hydroxyl groups excluding tert-OH is 1. The van der Waals surface area contributed by atoms with Crippen LogP contribution >= 0.6 is 0 Å². The van der Waals surface area contributed by atoms with Crippen molar-refractivity contribution in [1.29, 1.82) is 0 Å². The van der Waals surface area contributed by atoms with E-state index >= 15 is 0 Å². The molecule has 3 aromatic heterocycles. The first kappa shape index (κ1) is 42.8. The van der Waals surface area contributed by atoms with E-state index in [0.29, 0.717) is 11.1 Å². The highest BCUT2D eigenvalue weighted by Crippen LogP contribution is 2.41. The van der Waals surface area contributed by atoms with Crippen LogP contribution < -0.4 is 0 Å². The molecule has 0 radical (unpaired) electrons. The fourth-order valence-corrected chi connectivity index (χ4v) is 8.24. The molecule has 0 atom stereocenters. The van der Waals surface area contributed by atoms with E-state index in [1.54, 1.807) is 12.4 Å². The van der Waals surface area contributed by atoms with Crippen LogP contribution in [0.3, 0.4) is 0 Å². The molecule has 2 aliphatic rings. The molecule has 1 aliphatic heterocycles. The number of nitrogens with zero attached hydrogens (tertiary/aromatic N) is 4. The van der Waals surface area contributed by atoms with Gasteiger partial charge in [0.2, 0.25) is 5.78 Å². The van der Waals surface area contributed by atoms with E-state index in [0.717, 1.165) is 73.4 Å². The number of aromatic nitrogens is 3. The summed E-state index contributed by atoms with van der Waals surface area (Å²) < 4.78 is 4.59. The number of hydrogen-bond acceptors (Lipinski definition) is 4. The Morgan fingerprint density at radius 1 is 0.589 bits per heavy atom. The third-order valence-corrected chi connectivity index (χ3v) is 11.6. The minimum Gasteiger partial charge on any atom is -0.506 e. The highest BCUT2D eigenvalue weighted by Gasteiger charge is 2.44. The van der Waals surface area contributed by atoms with Gasteiger partial charge in [0.15, 0.2) is 11.4 Å². The first-order chi connectivity index (χ1) is 27.6. The molecule has 1 aliphatic carbocycles. The molecule has 0 fully saturated rings. The maximum Gasteiger partial charge on any atom is 0.209 e. The molecule has 0 spiro atoms. The first-order valence-corrected chi connectivity index (χ1v) is 22.3. The van der Waals surface area contributed by atoms with Crippen molar-refractivity contribution in [3.8, 4) is 0 Å². The monoisotopic (exact) mass is 758 g/mol. The molecule has 3 aromatic rings. The summed E-state index contributed by atoms with van der Waals surface area (Å²) >= 11 is 0. The molecule has 4 heterocycles. The van der Waals surface area contributed by atoms with Gasteiger partial charge in [-0.1, -0.05) is 129 Å². The Hall–Kier alpha value is -4.32. The smallest absolute Gasteiger partial charge is 0.209 e. The molecular weight excluding hydrogens is 689 g/mol. The van der Waals surface area contributed by atoms with Crippen molar-refractivity contribution in [1.82, 2.24) is 14.5 Å². The average molecular weight is 758 g/mol. The molecule has 0 saturated carbocycles. The van der Waals surface area contributed by atoms with Crippen molar-refractivity contribution >= 4 is 35.3 Å². The van der Waals surface area contributed by atoms with Gasteiger partial charge in [0.25, 0.3) is 0 Å². The Bertz CT molecular complexity index is 1790. The lowest BCUT2D eigenvalue weighted by atomic mass is 9.84. The van der Waals surface area contributed by atoms with Gasteiger partial charge in [0.05, 0.1) is 11.3 Å². The van der Waals surface area contributed by atoms with Crippen LogP contribution in [0, 0.1) is 0 Å². The Balaban J connectivity index is 1.32. The lowest BCUT2D eigenvalue weighted by Crippen LogP contribution is -2.28. The van der Waals surface area contributed by atoms with Crippen LogP contribution in [0.1, 0.15) is 178 Å². The second kappa shape index (κ2) is 24.3. The average Bonchev–Trinajstić information content (AvgIpc) is 3.81. The summed E-state index contributed by atoms with van der Waals surface area (Å²) in [6.45, 7) is 6.22. The molecule has 0 saturated heterocycles. The predicted molar refractivity (Wildman–Crippen MR) is 236 cm³/mol. The van der Waals surface area contributed by atoms with E-state index in [9.17, 15) is 9.90 Å². The summed E-state index contributed by atoms with van der Waals surface area (Å²) in [6, 6.07) is 12.1. The molecular formula is C50H69N4O2+. The maximum absolute atomic E-state index is 14.2. The van der Waals surface area contributed by atoms with Crippen LogP contribution in [0.4, 0.5) is 0 Å². The molecule has 0 bridgehead atoms. The molecule has 0 amide bonds. The second-order valence-corrected chi connectivity index (χ2v) is 15.9. The quantitative estimate of drug-likeness (QED) is 0.0477. The van der Waals surface area contributed by atoms with Gasteiger partial charge < -0.3 is 9.67 Å². The number of Topliss-reactive ketones (excluding diaryl/α,β-unsaturated/α-hetero) is 1. The van der Waals surface area contributed by atoms with Crippen molar-refractivity contribution in [3.63, 3.8) is 0 Å². The summed E-state index contributed by atoms with van der Waals surface area (Å²) in [5.74, 6) is 0.126. The third kappa shape index (κ3) is 12.9. The number of unbranched alkanes of at least 4 members (excludes halogenated alkanes) is 18. The van der Waals surface area contributed by atoms with E-state index in [1.165, 1.54) is 115 Å². The number of aliphatic hydroxyl groups is 1. The Labute approximate surface area is 338 Å². The van der Waals surface area contributed by atoms with Crippen LogP contribution in [0.2, 0.25) is 0 Å². The summed E-state index contributed by atoms with van der Waals surface area (Å²) in [6.07, 6.45) is 43.0. The van der Waals surface area contributed by atoms with Crippen LogP contribution in [0.25, 0.3) is 23.8 Å². The minimum atomic E-state index is -0.0305. The fourth-order valence-electron chi connectivity index (χ4n) is 8.24. The first-order valence-electron chi connectivity index (χ1n) is 22.3. The number of carbonyl (C=O) groups excluding carboxylic acids is 1. The zero-order valence-corrected chi connectivity index (χ0v) is 34.7. The van der Waals surface area contributed by atoms with Crippen LogP contribution in [-0.2, 0) is 11.3 Å². The predicted octanol–water partition coefficient (Wildman–Crippen LogP) is 13.4. The van der Waals surface area contributed by atoms with E-state index in [2.05, 4.69) is 63.3 Å². The Morgan fingerprint density at radius 3 is 1.62 bits per heavy atom. The van der Waals surface area contributed by atoms with Gasteiger partial charge in [-0.25, -0.2) is 0 Å². The zero-order chi connectivity index (χ0) is 39.2. The summed E-state index contributed by atoms with van der Waals surface area (Å²) in [5, 5.41) is 11.8. The van der Waals surface area contributed by atoms with Crippen molar-refractivity contribution in [2.75, 3.05) is 6.54 Å². The van der Waals surface area contributed by atoms with Crippen molar-refractivity contribution < 1.29 is 14.5 Å². The third-order valence-electron chi connectivity index (χ3n) is 11.6. The number of pyridine rings is 2. The van der Waals surface area contributed by atoms with Crippen molar-refractivity contribution in [2.45, 2.75) is 162 Å². The van der Waals surface area contributed by atoms with Gasteiger partial charge in [-0.15, -0.1) is 0 Å². The molecule has 300 valence electrons. The van der Waals surface area contributed by atoms with E-state index in [-0.39, 0.29) is 11.5 Å². The van der Waals surface area contributed by atoms with Gasteiger partial charge >= 0.3 is 0 Å². The number of ketones is 1. The molecule has 1 N–H and O–H groups in total. The summed E-state index contributed by atoms with van der Waals surface area (Å²) in [4.78, 5) is 22.6. The standard InChI is InChI=1S/C50H68N4O2/c1-3-5-7-9-11-13-15-17-19-21-39-53-43(25-23-41-31-35-51-36-32-41)27-29-45(53)47-49(55)48(50(47)56)46-30-28-44(26-24-42-33-37-52-38-34-42)54(46)40-22-20-18-16-14-12-10-8-6-4-2/h23-27,29,31-38H,3-22,28,30,39-40H2,1-2H3/p+1/b26-24+. The molecule has 0 aromatic carbocycles. The molecule has 56 heavy (non-hydrogen) atoms. The SMILES string of the molecule is CCCCCCCCCCCCn1c(/C=C/c2ccncc2)ccc1C1=C(O)/C(=C2\CCC(/C=C/c3ccncc3)=[N+]2CCCCCCCCCCCC)C1=O. The largest absolute Gasteiger partial charge is 0.506 e. The second-order valence-electron chi connectivity index (χ2n) is 15.9. The van der Waals surface area contributed by atoms with Crippen LogP contribution in [-0.4, -0.2) is 42.3 Å². The van der Waals surface area contributed by atoms with Crippen LogP contribution in [0.15, 0.2) is 84.3 Å². The van der Waals surface area contributed by atoms with E-state index in [4.69, 9.17) is 0 Å². The van der Waals surface area contributed by atoms with E-state index < -0.39 is 0 Å². The molecule has 6 heteroatoms. The minimum absolute atomic E-state index is 0.0305. The highest BCUT2D eigenvalue weighted by atomic mass is 16.3. The summed E-state index contributed by atoms with van der Waals surface area (Å²) in [7, 11) is 0. The van der Waals surface area contributed by atoms with Gasteiger partial charge in [-0.3, -0.25) is 14.8 Å². The Kier molecular flexibility index (Phi) is 18.6. The van der Waals surface area contributed by atoms with Crippen LogP contribution in [0.5, 0.6) is 0 Å². The Morgan fingerprint density at radius 2 is 1.09 bits per heavy atom. The number of hydrogen-bond donors (Lipinski definition) is 1. The fraction of sp³-hybridized carbons (Fsp3) is 0.520. The molecule has 6 nitrogen and oxygen atoms in total. The normalized spacial score (nSPS) is 16.0. The van der Waals surface area contributed by atoms with Gasteiger partial charge in [-0.05, 0) is 72.5 Å². The maximum atomic E-state index is 14.2.